The molecule has 0 spiro atoms. The van der Waals surface area contributed by atoms with Gasteiger partial charge in [0, 0.05) is 13.2 Å². The highest BCUT2D eigenvalue weighted by atomic mass is 16.3. The van der Waals surface area contributed by atoms with Gasteiger partial charge in [-0.3, -0.25) is 0 Å². The number of nitrogens with one attached hydrogen (secondary N) is 1. The van der Waals surface area contributed by atoms with Gasteiger partial charge in [-0.05, 0) is 50.5 Å². The van der Waals surface area contributed by atoms with Crippen LogP contribution in [0.25, 0.3) is 0 Å². The lowest BCUT2D eigenvalue weighted by molar-refractivity contribution is 0.257. The molecule has 94 valence electrons. The van der Waals surface area contributed by atoms with E-state index in [0.29, 0.717) is 12.5 Å². The molecule has 3 atom stereocenters. The van der Waals surface area contributed by atoms with Crippen LogP contribution in [0.3, 0.4) is 0 Å². The van der Waals surface area contributed by atoms with E-state index in [0.717, 1.165) is 31.3 Å². The Morgan fingerprint density at radius 1 is 1.56 bits per heavy atom. The molecule has 1 aliphatic carbocycles. The molecule has 1 aliphatic rings. The first-order valence-corrected chi connectivity index (χ1v) is 6.63. The Kier molecular flexibility index (Phi) is 6.07. The Balaban J connectivity index is 2.25. The summed E-state index contributed by atoms with van der Waals surface area (Å²) in [5.41, 5.74) is 1.56. The highest BCUT2D eigenvalue weighted by Gasteiger charge is 2.21. The van der Waals surface area contributed by atoms with Gasteiger partial charge < -0.3 is 10.4 Å². The normalized spacial score (nSPS) is 27.6. The minimum absolute atomic E-state index is 0.307. The van der Waals surface area contributed by atoms with Gasteiger partial charge in [-0.15, -0.1) is 0 Å². The molecule has 3 unspecified atom stereocenters. The second-order valence-corrected chi connectivity index (χ2v) is 5.38. The predicted octanol–water partition coefficient (Wildman–Crippen LogP) is 2.59. The van der Waals surface area contributed by atoms with Gasteiger partial charge in [0.2, 0.25) is 0 Å². The fourth-order valence-corrected chi connectivity index (χ4v) is 2.55. The van der Waals surface area contributed by atoms with Crippen LogP contribution in [0.2, 0.25) is 0 Å². The summed E-state index contributed by atoms with van der Waals surface area (Å²) in [6.07, 6.45) is 5.88. The molecule has 0 bridgehead atoms. The molecule has 0 aromatic carbocycles. The lowest BCUT2D eigenvalue weighted by Crippen LogP contribution is -2.32. The number of hydrogen-bond acceptors (Lipinski definition) is 2. The first-order valence-electron chi connectivity index (χ1n) is 6.63. The van der Waals surface area contributed by atoms with Crippen LogP contribution in [-0.2, 0) is 0 Å². The van der Waals surface area contributed by atoms with E-state index in [1.165, 1.54) is 12.8 Å². The van der Waals surface area contributed by atoms with Gasteiger partial charge in [0.25, 0.3) is 0 Å². The van der Waals surface area contributed by atoms with Crippen LogP contribution in [0.4, 0.5) is 0 Å². The smallest absolute Gasteiger partial charge is 0.0434 e. The zero-order valence-corrected chi connectivity index (χ0v) is 11.0. The zero-order chi connectivity index (χ0) is 12.0. The first kappa shape index (κ1) is 13.7. The molecule has 2 heteroatoms. The van der Waals surface area contributed by atoms with E-state index in [1.54, 1.807) is 5.57 Å². The number of allylic oxidation sites excluding steroid dienone is 1. The van der Waals surface area contributed by atoms with E-state index < -0.39 is 0 Å². The summed E-state index contributed by atoms with van der Waals surface area (Å²) in [7, 11) is 0. The van der Waals surface area contributed by atoms with Gasteiger partial charge >= 0.3 is 0 Å². The van der Waals surface area contributed by atoms with Crippen molar-refractivity contribution in [1.82, 2.24) is 5.32 Å². The molecule has 0 aliphatic heterocycles. The van der Waals surface area contributed by atoms with Gasteiger partial charge in [0.15, 0.2) is 0 Å². The number of aliphatic hydroxyl groups is 1. The highest BCUT2D eigenvalue weighted by molar-refractivity contribution is 5.09. The first-order chi connectivity index (χ1) is 7.65. The minimum atomic E-state index is 0.307. The third-order valence-electron chi connectivity index (χ3n) is 3.84. The monoisotopic (exact) mass is 225 g/mol. The Morgan fingerprint density at radius 3 is 2.94 bits per heavy atom. The maximum absolute atomic E-state index is 8.83. The Bertz CT molecular complexity index is 225. The van der Waals surface area contributed by atoms with Crippen molar-refractivity contribution in [1.29, 1.82) is 0 Å². The number of aliphatic hydroxyl groups excluding tert-OH is 1. The van der Waals surface area contributed by atoms with Crippen LogP contribution in [0.15, 0.2) is 11.6 Å². The fourth-order valence-electron chi connectivity index (χ4n) is 2.55. The third-order valence-corrected chi connectivity index (χ3v) is 3.84. The largest absolute Gasteiger partial charge is 0.396 e. The summed E-state index contributed by atoms with van der Waals surface area (Å²) < 4.78 is 0. The zero-order valence-electron chi connectivity index (χ0n) is 11.0. The molecular formula is C14H27NO. The Labute approximate surface area is 100 Å². The average Bonchev–Trinajstić information content (AvgIpc) is 2.23. The highest BCUT2D eigenvalue weighted by Crippen LogP contribution is 2.29. The molecule has 0 aromatic heterocycles. The van der Waals surface area contributed by atoms with Crippen molar-refractivity contribution >= 4 is 0 Å². The molecule has 0 amide bonds. The summed E-state index contributed by atoms with van der Waals surface area (Å²) in [4.78, 5) is 0. The van der Waals surface area contributed by atoms with Gasteiger partial charge in [0.1, 0.15) is 0 Å². The van der Waals surface area contributed by atoms with Crippen LogP contribution in [0, 0.1) is 17.8 Å². The third kappa shape index (κ3) is 4.26. The van der Waals surface area contributed by atoms with Crippen molar-refractivity contribution in [2.75, 3.05) is 19.7 Å². The molecule has 0 heterocycles. The molecule has 0 aromatic rings. The second kappa shape index (κ2) is 7.08. The van der Waals surface area contributed by atoms with Crippen LogP contribution in [-0.4, -0.2) is 24.8 Å². The molecule has 0 fully saturated rings. The Hall–Kier alpha value is -0.340. The summed E-state index contributed by atoms with van der Waals surface area (Å²) in [6.45, 7) is 9.24. The van der Waals surface area contributed by atoms with Crippen LogP contribution >= 0.6 is 0 Å². The maximum Gasteiger partial charge on any atom is 0.0434 e. The lowest BCUT2D eigenvalue weighted by Gasteiger charge is -2.29. The number of rotatable bonds is 6. The van der Waals surface area contributed by atoms with Gasteiger partial charge in [-0.25, -0.2) is 0 Å². The van der Waals surface area contributed by atoms with Crippen molar-refractivity contribution < 1.29 is 5.11 Å². The standard InChI is InChI=1S/C14H27NO/c1-11(7-8-16)9-15-10-14-12(2)5-4-6-13(14)3/h5,11,13-16H,4,6-10H2,1-3H3. The summed E-state index contributed by atoms with van der Waals surface area (Å²) in [5.74, 6) is 2.11. The molecule has 0 saturated heterocycles. The van der Waals surface area contributed by atoms with Gasteiger partial charge in [-0.1, -0.05) is 25.5 Å². The summed E-state index contributed by atoms with van der Waals surface area (Å²) >= 11 is 0. The maximum atomic E-state index is 8.83. The van der Waals surface area contributed by atoms with Crippen LogP contribution in [0.1, 0.15) is 40.0 Å². The second-order valence-electron chi connectivity index (χ2n) is 5.38. The summed E-state index contributed by atoms with van der Waals surface area (Å²) in [6, 6.07) is 0. The SMILES string of the molecule is CC1=CCCC(C)C1CNCC(C)CCO. The molecule has 2 nitrogen and oxygen atoms in total. The molecule has 1 rings (SSSR count). The van der Waals surface area contributed by atoms with E-state index >= 15 is 0 Å². The molecule has 0 radical (unpaired) electrons. The number of hydrogen-bond donors (Lipinski definition) is 2. The van der Waals surface area contributed by atoms with E-state index in [4.69, 9.17) is 5.11 Å². The van der Waals surface area contributed by atoms with Crippen LogP contribution in [0.5, 0.6) is 0 Å². The fraction of sp³-hybridized carbons (Fsp3) is 0.857. The van der Waals surface area contributed by atoms with Crippen molar-refractivity contribution in [3.8, 4) is 0 Å². The molecular weight excluding hydrogens is 198 g/mol. The van der Waals surface area contributed by atoms with E-state index in [9.17, 15) is 0 Å². The minimum Gasteiger partial charge on any atom is -0.396 e. The van der Waals surface area contributed by atoms with E-state index in [1.807, 2.05) is 0 Å². The van der Waals surface area contributed by atoms with Crippen molar-refractivity contribution in [2.45, 2.75) is 40.0 Å². The van der Waals surface area contributed by atoms with E-state index in [-0.39, 0.29) is 0 Å². The van der Waals surface area contributed by atoms with Gasteiger partial charge in [-0.2, -0.15) is 0 Å². The Morgan fingerprint density at radius 2 is 2.31 bits per heavy atom. The molecule has 2 N–H and O–H groups in total. The van der Waals surface area contributed by atoms with Gasteiger partial charge in [0.05, 0.1) is 0 Å². The van der Waals surface area contributed by atoms with Crippen molar-refractivity contribution in [3.63, 3.8) is 0 Å². The topological polar surface area (TPSA) is 32.3 Å². The van der Waals surface area contributed by atoms with Crippen molar-refractivity contribution in [3.05, 3.63) is 11.6 Å². The summed E-state index contributed by atoms with van der Waals surface area (Å²) in [5, 5.41) is 12.4. The average molecular weight is 225 g/mol. The van der Waals surface area contributed by atoms with E-state index in [2.05, 4.69) is 32.2 Å². The molecule has 16 heavy (non-hydrogen) atoms. The van der Waals surface area contributed by atoms with Crippen LogP contribution < -0.4 is 5.32 Å². The van der Waals surface area contributed by atoms with Crippen molar-refractivity contribution in [2.24, 2.45) is 17.8 Å². The molecule has 0 saturated carbocycles. The lowest BCUT2D eigenvalue weighted by atomic mass is 9.80. The predicted molar refractivity (Wildman–Crippen MR) is 69.4 cm³/mol. The quantitative estimate of drug-likeness (QED) is 0.681.